The highest BCUT2D eigenvalue weighted by Gasteiger charge is 2.14. The van der Waals surface area contributed by atoms with Crippen molar-refractivity contribution in [2.75, 3.05) is 12.4 Å². The van der Waals surface area contributed by atoms with Crippen molar-refractivity contribution >= 4 is 40.3 Å². The van der Waals surface area contributed by atoms with E-state index in [0.29, 0.717) is 29.4 Å². The molecular weight excluding hydrogens is 522 g/mol. The summed E-state index contributed by atoms with van der Waals surface area (Å²) in [5, 5.41) is 12.0. The van der Waals surface area contributed by atoms with Gasteiger partial charge in [0.05, 0.1) is 10.7 Å². The zero-order valence-electron chi connectivity index (χ0n) is 17.5. The molecule has 162 valence electrons. The molecule has 1 amide bonds. The number of methoxy groups -OCH3 is 1. The van der Waals surface area contributed by atoms with Crippen LogP contribution < -0.4 is 14.8 Å². The van der Waals surface area contributed by atoms with Crippen LogP contribution in [-0.4, -0.2) is 13.0 Å². The van der Waals surface area contributed by atoms with Crippen molar-refractivity contribution in [1.29, 1.82) is 5.26 Å². The van der Waals surface area contributed by atoms with E-state index in [4.69, 9.17) is 9.47 Å². The molecule has 0 bridgehead atoms. The van der Waals surface area contributed by atoms with Gasteiger partial charge >= 0.3 is 0 Å². The van der Waals surface area contributed by atoms with E-state index in [1.165, 1.54) is 37.5 Å². The average Bonchev–Trinajstić information content (AvgIpc) is 2.77. The van der Waals surface area contributed by atoms with Crippen molar-refractivity contribution in [3.8, 4) is 17.6 Å². The van der Waals surface area contributed by atoms with E-state index in [1.54, 1.807) is 12.1 Å². The van der Waals surface area contributed by atoms with E-state index in [0.717, 1.165) is 14.7 Å². The summed E-state index contributed by atoms with van der Waals surface area (Å²) < 4.78 is 25.3. The lowest BCUT2D eigenvalue weighted by molar-refractivity contribution is -0.112. The van der Waals surface area contributed by atoms with Gasteiger partial charge in [0, 0.05) is 5.69 Å². The van der Waals surface area contributed by atoms with Crippen LogP contribution in [0.25, 0.3) is 6.08 Å². The summed E-state index contributed by atoms with van der Waals surface area (Å²) in [7, 11) is 1.53. The third-order valence-electron chi connectivity index (χ3n) is 4.50. The largest absolute Gasteiger partial charge is 0.493 e. The lowest BCUT2D eigenvalue weighted by atomic mass is 10.1. The second kappa shape index (κ2) is 10.8. The van der Waals surface area contributed by atoms with Crippen LogP contribution in [0.1, 0.15) is 16.7 Å². The fourth-order valence-corrected chi connectivity index (χ4v) is 3.75. The second-order valence-corrected chi connectivity index (χ2v) is 8.10. The molecule has 0 unspecified atom stereocenters. The number of halogens is 2. The van der Waals surface area contributed by atoms with E-state index in [9.17, 15) is 14.4 Å². The Labute approximate surface area is 199 Å². The number of nitrogens with one attached hydrogen (secondary N) is 1. The average molecular weight is 542 g/mol. The summed E-state index contributed by atoms with van der Waals surface area (Å²) in [6, 6.07) is 18.8. The summed E-state index contributed by atoms with van der Waals surface area (Å²) in [6.45, 7) is 2.40. The Balaban J connectivity index is 1.81. The van der Waals surface area contributed by atoms with Gasteiger partial charge in [-0.15, -0.1) is 0 Å². The Hall–Kier alpha value is -3.38. The molecule has 0 aromatic heterocycles. The summed E-state index contributed by atoms with van der Waals surface area (Å²) in [5.74, 6) is 0.0753. The maximum Gasteiger partial charge on any atom is 0.266 e. The highest BCUT2D eigenvalue weighted by Crippen LogP contribution is 2.35. The smallest absolute Gasteiger partial charge is 0.266 e. The monoisotopic (exact) mass is 542 g/mol. The minimum Gasteiger partial charge on any atom is -0.493 e. The Morgan fingerprint density at radius 1 is 1.19 bits per heavy atom. The molecule has 1 N–H and O–H groups in total. The van der Waals surface area contributed by atoms with Gasteiger partial charge in [0.25, 0.3) is 5.91 Å². The number of carbonyl (C=O) groups excluding carboxylic acids is 1. The fourth-order valence-electron chi connectivity index (χ4n) is 2.97. The number of benzene rings is 3. The van der Waals surface area contributed by atoms with Gasteiger partial charge in [-0.25, -0.2) is 4.39 Å². The number of hydrogen-bond donors (Lipinski definition) is 1. The number of anilines is 1. The van der Waals surface area contributed by atoms with E-state index >= 15 is 0 Å². The normalized spacial score (nSPS) is 10.9. The third-order valence-corrected chi connectivity index (χ3v) is 5.30. The standard InChI is InChI=1S/C25H20FIN2O3/c1-16-4-3-5-17(10-16)15-32-24-22(27)12-18(13-23(24)31-2)11-19(14-28)25(30)29-21-8-6-20(26)7-9-21/h3-13H,15H2,1-2H3,(H,29,30)/b19-11+. The Bertz CT molecular complexity index is 1200. The molecule has 0 aliphatic rings. The van der Waals surface area contributed by atoms with Gasteiger partial charge in [-0.05, 0) is 83.1 Å². The van der Waals surface area contributed by atoms with Crippen molar-refractivity contribution in [3.05, 3.63) is 92.3 Å². The molecule has 0 saturated heterocycles. The van der Waals surface area contributed by atoms with Crippen LogP contribution in [0.5, 0.6) is 11.5 Å². The maximum atomic E-state index is 13.0. The van der Waals surface area contributed by atoms with E-state index < -0.39 is 11.7 Å². The topological polar surface area (TPSA) is 71.3 Å². The Morgan fingerprint density at radius 3 is 2.59 bits per heavy atom. The van der Waals surface area contributed by atoms with Crippen molar-refractivity contribution in [3.63, 3.8) is 0 Å². The summed E-state index contributed by atoms with van der Waals surface area (Å²) in [6.07, 6.45) is 1.47. The van der Waals surface area contributed by atoms with E-state index in [1.807, 2.05) is 31.2 Å². The molecule has 3 aromatic rings. The van der Waals surface area contributed by atoms with Crippen molar-refractivity contribution in [2.24, 2.45) is 0 Å². The maximum absolute atomic E-state index is 13.0. The number of rotatable bonds is 7. The molecule has 0 spiro atoms. The number of carbonyl (C=O) groups is 1. The van der Waals surface area contributed by atoms with Gasteiger partial charge in [-0.3, -0.25) is 4.79 Å². The van der Waals surface area contributed by atoms with Gasteiger partial charge in [0.2, 0.25) is 0 Å². The van der Waals surface area contributed by atoms with E-state index in [2.05, 4.69) is 34.0 Å². The first-order valence-electron chi connectivity index (χ1n) is 9.64. The molecule has 0 radical (unpaired) electrons. The van der Waals surface area contributed by atoms with Gasteiger partial charge in [-0.1, -0.05) is 29.8 Å². The molecule has 0 heterocycles. The van der Waals surface area contributed by atoms with Crippen LogP contribution in [0.15, 0.2) is 66.2 Å². The second-order valence-electron chi connectivity index (χ2n) is 6.94. The van der Waals surface area contributed by atoms with Crippen LogP contribution >= 0.6 is 22.6 Å². The molecule has 32 heavy (non-hydrogen) atoms. The first-order valence-corrected chi connectivity index (χ1v) is 10.7. The molecule has 0 aliphatic heterocycles. The first kappa shape index (κ1) is 23.3. The molecule has 7 heteroatoms. The van der Waals surface area contributed by atoms with Crippen LogP contribution in [0.2, 0.25) is 0 Å². The zero-order chi connectivity index (χ0) is 23.1. The van der Waals surface area contributed by atoms with E-state index in [-0.39, 0.29) is 5.57 Å². The van der Waals surface area contributed by atoms with Crippen LogP contribution in [0, 0.1) is 27.6 Å². The number of amides is 1. The van der Waals surface area contributed by atoms with Gasteiger partial charge < -0.3 is 14.8 Å². The van der Waals surface area contributed by atoms with Crippen LogP contribution in [0.4, 0.5) is 10.1 Å². The minimum absolute atomic E-state index is 0.0967. The number of aryl methyl sites for hydroxylation is 1. The predicted octanol–water partition coefficient (Wildman–Crippen LogP) is 5.87. The van der Waals surface area contributed by atoms with Crippen LogP contribution in [0.3, 0.4) is 0 Å². The summed E-state index contributed by atoms with van der Waals surface area (Å²) >= 11 is 2.13. The molecular formula is C25H20FIN2O3. The molecule has 3 aromatic carbocycles. The number of nitrogens with zero attached hydrogens (tertiary/aromatic N) is 1. The molecule has 0 saturated carbocycles. The molecule has 3 rings (SSSR count). The lowest BCUT2D eigenvalue weighted by Gasteiger charge is -2.14. The molecule has 0 aliphatic carbocycles. The Morgan fingerprint density at radius 2 is 1.94 bits per heavy atom. The third kappa shape index (κ3) is 6.08. The van der Waals surface area contributed by atoms with Crippen molar-refractivity contribution in [1.82, 2.24) is 0 Å². The Kier molecular flexibility index (Phi) is 7.84. The number of hydrogen-bond acceptors (Lipinski definition) is 4. The highest BCUT2D eigenvalue weighted by molar-refractivity contribution is 14.1. The SMILES string of the molecule is COc1cc(/C=C(\C#N)C(=O)Nc2ccc(F)cc2)cc(I)c1OCc1cccc(C)c1. The summed E-state index contributed by atoms with van der Waals surface area (Å²) in [4.78, 5) is 12.5. The summed E-state index contributed by atoms with van der Waals surface area (Å²) in [5.41, 5.74) is 3.09. The van der Waals surface area contributed by atoms with Gasteiger partial charge in [-0.2, -0.15) is 5.26 Å². The van der Waals surface area contributed by atoms with Crippen molar-refractivity contribution < 1.29 is 18.7 Å². The molecule has 0 atom stereocenters. The van der Waals surface area contributed by atoms with Gasteiger partial charge in [0.1, 0.15) is 24.1 Å². The minimum atomic E-state index is -0.590. The van der Waals surface area contributed by atoms with Crippen LogP contribution in [-0.2, 0) is 11.4 Å². The fraction of sp³-hybridized carbons (Fsp3) is 0.120. The molecule has 0 fully saturated rings. The zero-order valence-corrected chi connectivity index (χ0v) is 19.6. The number of ether oxygens (including phenoxy) is 2. The number of nitriles is 1. The predicted molar refractivity (Wildman–Crippen MR) is 130 cm³/mol. The quantitative estimate of drug-likeness (QED) is 0.230. The lowest BCUT2D eigenvalue weighted by Crippen LogP contribution is -2.13. The molecule has 5 nitrogen and oxygen atoms in total. The van der Waals surface area contributed by atoms with Crippen molar-refractivity contribution in [2.45, 2.75) is 13.5 Å². The highest BCUT2D eigenvalue weighted by atomic mass is 127. The first-order chi connectivity index (χ1) is 15.4. The van der Waals surface area contributed by atoms with Gasteiger partial charge in [0.15, 0.2) is 11.5 Å².